The van der Waals surface area contributed by atoms with Gasteiger partial charge < -0.3 is 9.30 Å². The summed E-state index contributed by atoms with van der Waals surface area (Å²) in [6, 6.07) is 49.9. The van der Waals surface area contributed by atoms with Gasteiger partial charge >= 0.3 is 0 Å². The van der Waals surface area contributed by atoms with E-state index >= 15 is 0 Å². The van der Waals surface area contributed by atoms with Crippen LogP contribution in [0.5, 0.6) is 11.6 Å². The first-order valence-electron chi connectivity index (χ1n) is 28.6. The second-order valence-corrected chi connectivity index (χ2v) is 16.0. The van der Waals surface area contributed by atoms with Gasteiger partial charge in [0.2, 0.25) is 6.71 Å². The SMILES string of the molecule is [2H]c1c([2H])c([2H])c(-c2c([2H])c([2H])c([2H])c(-c3c([2H])c([2H])c([2H])c([2H])c3[2H])c2-[n+]2[c-]n(-c3[c-]c(Oc4cccc(-[n+]5c(C)n(-c6ccccc6B(c6ccccc6)c6ccccc6)c6ccc[c-]c65)n4)ccc3)c3ccccc32)c([2H])c1[2H].[Pt]. The van der Waals surface area contributed by atoms with Crippen molar-refractivity contribution in [2.24, 2.45) is 0 Å². The molecule has 3 heterocycles. The Balaban J connectivity index is 0.00000721. The molecule has 0 saturated carbocycles. The number of benzene rings is 9. The molecule has 0 saturated heterocycles. The molecule has 8 heteroatoms. The first-order chi connectivity index (χ1) is 39.6. The molecule has 336 valence electrons. The maximum Gasteiger partial charge on any atom is 0.293 e. The van der Waals surface area contributed by atoms with E-state index in [1.54, 1.807) is 53.1 Å². The molecule has 70 heavy (non-hydrogen) atoms. The number of ether oxygens (including phenoxy) is 1. The summed E-state index contributed by atoms with van der Waals surface area (Å²) in [5.74, 6) is 1.86. The van der Waals surface area contributed by atoms with Gasteiger partial charge in [0.15, 0.2) is 5.82 Å². The van der Waals surface area contributed by atoms with Crippen molar-refractivity contribution < 1.29 is 52.8 Å². The Hall–Kier alpha value is -8.38. The Kier molecular flexibility index (Phi) is 8.73. The average Bonchev–Trinajstić information content (AvgIpc) is 4.23. The summed E-state index contributed by atoms with van der Waals surface area (Å²) in [7, 11) is 0. The number of rotatable bonds is 11. The van der Waals surface area contributed by atoms with E-state index in [0.717, 1.165) is 38.9 Å². The summed E-state index contributed by atoms with van der Waals surface area (Å²) in [4.78, 5) is 5.05. The minimum atomic E-state index is -0.786. The molecule has 0 unspecified atom stereocenters. The zero-order chi connectivity index (χ0) is 57.4. The molecule has 0 aliphatic rings. The number of nitrogens with zero attached hydrogens (tertiary/aromatic N) is 5. The molecule has 0 aliphatic carbocycles. The number of para-hydroxylation sites is 5. The van der Waals surface area contributed by atoms with Crippen molar-refractivity contribution in [3.05, 3.63) is 267 Å². The summed E-state index contributed by atoms with van der Waals surface area (Å²) in [6.45, 7) is 1.95. The maximum absolute atomic E-state index is 9.39. The van der Waals surface area contributed by atoms with Crippen molar-refractivity contribution in [2.75, 3.05) is 0 Å². The Morgan fingerprint density at radius 3 is 1.94 bits per heavy atom. The van der Waals surface area contributed by atoms with Crippen molar-refractivity contribution >= 4 is 45.2 Å². The monoisotopic (exact) mass is 1090 g/mol. The molecule has 0 bridgehead atoms. The fraction of sp³-hybridized carbons (Fsp3) is 0.0161. The van der Waals surface area contributed by atoms with E-state index in [4.69, 9.17) is 24.8 Å². The van der Waals surface area contributed by atoms with Crippen LogP contribution in [-0.2, 0) is 21.1 Å². The number of fused-ring (bicyclic) bond motifs is 2. The molecule has 6 nitrogen and oxygen atoms in total. The van der Waals surface area contributed by atoms with Crippen LogP contribution in [0, 0.1) is 25.4 Å². The van der Waals surface area contributed by atoms with Crippen LogP contribution in [0.2, 0.25) is 0 Å². The molecular formula is C62H43BN5OPt-. The fourth-order valence-corrected chi connectivity index (χ4v) is 9.04. The maximum atomic E-state index is 9.39. The van der Waals surface area contributed by atoms with Crippen molar-refractivity contribution in [1.29, 1.82) is 0 Å². The molecule has 0 amide bonds. The van der Waals surface area contributed by atoms with Crippen molar-refractivity contribution in [3.63, 3.8) is 0 Å². The van der Waals surface area contributed by atoms with E-state index in [1.807, 2.05) is 54.0 Å². The van der Waals surface area contributed by atoms with Crippen LogP contribution in [0.3, 0.4) is 0 Å². The number of imidazole rings is 2. The third-order valence-corrected chi connectivity index (χ3v) is 12.0. The third-order valence-electron chi connectivity index (χ3n) is 12.0. The van der Waals surface area contributed by atoms with E-state index in [9.17, 15) is 2.74 Å². The van der Waals surface area contributed by atoms with E-state index in [0.29, 0.717) is 22.5 Å². The van der Waals surface area contributed by atoms with E-state index in [1.165, 1.54) is 4.57 Å². The molecule has 0 radical (unpaired) electrons. The normalized spacial score (nSPS) is 13.7. The number of pyridine rings is 1. The first-order valence-corrected chi connectivity index (χ1v) is 22.1. The summed E-state index contributed by atoms with van der Waals surface area (Å²) in [5, 5.41) is 0. The van der Waals surface area contributed by atoms with Crippen LogP contribution in [0.25, 0.3) is 67.2 Å². The second kappa shape index (κ2) is 19.3. The van der Waals surface area contributed by atoms with Crippen LogP contribution >= 0.6 is 0 Å². The van der Waals surface area contributed by atoms with E-state index in [-0.39, 0.29) is 45.1 Å². The number of aromatic nitrogens is 5. The molecule has 3 aromatic heterocycles. The van der Waals surface area contributed by atoms with Crippen molar-refractivity contribution in [3.8, 4) is 56.8 Å². The van der Waals surface area contributed by atoms with Gasteiger partial charge in [-0.15, -0.1) is 24.3 Å². The van der Waals surface area contributed by atoms with E-state index in [2.05, 4.69) is 95.8 Å². The molecule has 0 aliphatic heterocycles. The zero-order valence-electron chi connectivity index (χ0n) is 50.1. The Morgan fingerprint density at radius 2 is 1.23 bits per heavy atom. The number of hydrogen-bond acceptors (Lipinski definition) is 2. The van der Waals surface area contributed by atoms with Crippen LogP contribution in [-0.4, -0.2) is 20.8 Å². The standard InChI is InChI=1S/C62H43BN5O.Pt/c1-45-67(55-36-15-14-35-54(55)63(48-27-10-4-11-28-48)49-29-12-5-13-30-49)58-39-18-19-40-59(58)68(45)60-41-22-42-61(64-60)69-51-32-20-31-50(43-51)65-44-66(57-38-17-16-37-56(57)65)62-52(46-23-6-2-7-24-46)33-21-34-53(62)47-25-8-3-9-26-47;/h2-39,41-42H,1H3;/q-1;/i2D,3D,6D,7D,8D,9D,21D,23D,24D,25D,26D,33D,34D;. The topological polar surface area (TPSA) is 39.7 Å². The van der Waals surface area contributed by atoms with Crippen LogP contribution in [0.4, 0.5) is 0 Å². The van der Waals surface area contributed by atoms with Crippen molar-refractivity contribution in [1.82, 2.24) is 14.1 Å². The minimum absolute atomic E-state index is 0. The van der Waals surface area contributed by atoms with Gasteiger partial charge in [-0.1, -0.05) is 198 Å². The fourth-order valence-electron chi connectivity index (χ4n) is 9.04. The molecule has 12 aromatic rings. The van der Waals surface area contributed by atoms with E-state index < -0.39 is 101 Å². The Bertz CT molecular complexity index is 4390. The molecule has 0 N–H and O–H groups in total. The largest absolute Gasteiger partial charge is 0.454 e. The molecule has 0 atom stereocenters. The minimum Gasteiger partial charge on any atom is -0.454 e. The predicted octanol–water partition coefficient (Wildman–Crippen LogP) is 10.9. The van der Waals surface area contributed by atoms with Crippen LogP contribution in [0.15, 0.2) is 242 Å². The van der Waals surface area contributed by atoms with Gasteiger partial charge in [0.1, 0.15) is 0 Å². The van der Waals surface area contributed by atoms with Gasteiger partial charge in [-0.25, -0.2) is 4.57 Å². The summed E-state index contributed by atoms with van der Waals surface area (Å²) in [6.07, 6.45) is 3.25. The smallest absolute Gasteiger partial charge is 0.293 e. The Labute approximate surface area is 440 Å². The first kappa shape index (κ1) is 31.6. The van der Waals surface area contributed by atoms with Gasteiger partial charge in [0.05, 0.1) is 40.2 Å². The second-order valence-electron chi connectivity index (χ2n) is 16.0. The number of hydrogen-bond donors (Lipinski definition) is 0. The van der Waals surface area contributed by atoms with Crippen molar-refractivity contribution in [2.45, 2.75) is 6.92 Å². The van der Waals surface area contributed by atoms with Crippen LogP contribution < -0.4 is 30.3 Å². The van der Waals surface area contributed by atoms with Gasteiger partial charge in [-0.3, -0.25) is 9.13 Å². The van der Waals surface area contributed by atoms with Gasteiger partial charge in [0.25, 0.3) is 18.0 Å². The molecule has 0 spiro atoms. The third kappa shape index (κ3) is 8.14. The molecular weight excluding hydrogens is 1040 g/mol. The summed E-state index contributed by atoms with van der Waals surface area (Å²) < 4.78 is 129. The quantitative estimate of drug-likeness (QED) is 0.0736. The van der Waals surface area contributed by atoms with Gasteiger partial charge in [-0.2, -0.15) is 24.3 Å². The predicted molar refractivity (Wildman–Crippen MR) is 277 cm³/mol. The summed E-state index contributed by atoms with van der Waals surface area (Å²) >= 11 is 0. The molecule has 12 rings (SSSR count). The zero-order valence-corrected chi connectivity index (χ0v) is 39.4. The Morgan fingerprint density at radius 1 is 0.600 bits per heavy atom. The van der Waals surface area contributed by atoms with Gasteiger partial charge in [-0.05, 0) is 45.5 Å². The molecule has 0 fully saturated rings. The molecule has 9 aromatic carbocycles. The average molecular weight is 1090 g/mol. The van der Waals surface area contributed by atoms with Crippen LogP contribution in [0.1, 0.15) is 23.6 Å². The summed E-state index contributed by atoms with van der Waals surface area (Å²) in [5.41, 5.74) is 4.97. The van der Waals surface area contributed by atoms with Gasteiger partial charge in [0, 0.05) is 56.9 Å².